The molecule has 19 heavy (non-hydrogen) atoms. The SMILES string of the molecule is C[C@@H]1CNCCN1Cc1ccc(-n2ccnc2)cc1. The Labute approximate surface area is 114 Å². The van der Waals surface area contributed by atoms with Gasteiger partial charge >= 0.3 is 0 Å². The molecule has 1 atom stereocenters. The van der Waals surface area contributed by atoms with Crippen molar-refractivity contribution in [2.24, 2.45) is 0 Å². The zero-order valence-corrected chi connectivity index (χ0v) is 11.3. The summed E-state index contributed by atoms with van der Waals surface area (Å²) in [6, 6.07) is 9.35. The molecule has 0 spiro atoms. The normalized spacial score (nSPS) is 20.6. The lowest BCUT2D eigenvalue weighted by Crippen LogP contribution is -2.49. The number of hydrogen-bond acceptors (Lipinski definition) is 3. The summed E-state index contributed by atoms with van der Waals surface area (Å²) in [6.45, 7) is 6.63. The minimum atomic E-state index is 0.613. The monoisotopic (exact) mass is 256 g/mol. The van der Waals surface area contributed by atoms with E-state index in [9.17, 15) is 0 Å². The maximum atomic E-state index is 4.07. The van der Waals surface area contributed by atoms with Gasteiger partial charge in [0, 0.05) is 50.3 Å². The van der Waals surface area contributed by atoms with Crippen molar-refractivity contribution >= 4 is 0 Å². The number of imidazole rings is 1. The van der Waals surface area contributed by atoms with E-state index in [4.69, 9.17) is 0 Å². The van der Waals surface area contributed by atoms with E-state index in [2.05, 4.69) is 46.4 Å². The van der Waals surface area contributed by atoms with Crippen LogP contribution in [-0.2, 0) is 6.54 Å². The Kier molecular flexibility index (Phi) is 3.62. The maximum absolute atomic E-state index is 4.07. The van der Waals surface area contributed by atoms with Gasteiger partial charge in [-0.2, -0.15) is 0 Å². The van der Waals surface area contributed by atoms with Crippen molar-refractivity contribution in [1.29, 1.82) is 0 Å². The maximum Gasteiger partial charge on any atom is 0.0991 e. The highest BCUT2D eigenvalue weighted by Gasteiger charge is 2.17. The summed E-state index contributed by atoms with van der Waals surface area (Å²) in [4.78, 5) is 6.60. The highest BCUT2D eigenvalue weighted by Crippen LogP contribution is 2.13. The molecule has 0 aliphatic carbocycles. The van der Waals surface area contributed by atoms with Crippen LogP contribution in [0.25, 0.3) is 5.69 Å². The van der Waals surface area contributed by atoms with Crippen molar-refractivity contribution < 1.29 is 0 Å². The molecule has 1 aromatic carbocycles. The second-order valence-corrected chi connectivity index (χ2v) is 5.16. The largest absolute Gasteiger partial charge is 0.314 e. The molecule has 4 heteroatoms. The number of nitrogens with one attached hydrogen (secondary N) is 1. The van der Waals surface area contributed by atoms with E-state index < -0.39 is 0 Å². The molecule has 1 aromatic heterocycles. The zero-order chi connectivity index (χ0) is 13.1. The van der Waals surface area contributed by atoms with Crippen LogP contribution in [0.2, 0.25) is 0 Å². The molecule has 100 valence electrons. The molecule has 2 aromatic rings. The average molecular weight is 256 g/mol. The standard InChI is InChI=1S/C15H20N4/c1-13-10-16-6-8-18(13)11-14-2-4-15(5-3-14)19-9-7-17-12-19/h2-5,7,9,12-13,16H,6,8,10-11H2,1H3/t13-/m1/s1. The van der Waals surface area contributed by atoms with Gasteiger partial charge in [-0.25, -0.2) is 4.98 Å². The second kappa shape index (κ2) is 5.55. The summed E-state index contributed by atoms with van der Waals surface area (Å²) >= 11 is 0. The summed E-state index contributed by atoms with van der Waals surface area (Å²) in [5.41, 5.74) is 2.53. The zero-order valence-electron chi connectivity index (χ0n) is 11.3. The minimum Gasteiger partial charge on any atom is -0.314 e. The molecule has 4 nitrogen and oxygen atoms in total. The molecule has 1 saturated heterocycles. The molecule has 1 N–H and O–H groups in total. The van der Waals surface area contributed by atoms with Gasteiger partial charge in [-0.1, -0.05) is 12.1 Å². The van der Waals surface area contributed by atoms with Crippen LogP contribution >= 0.6 is 0 Å². The van der Waals surface area contributed by atoms with Crippen LogP contribution in [0, 0.1) is 0 Å². The molecule has 0 bridgehead atoms. The molecule has 3 rings (SSSR count). The van der Waals surface area contributed by atoms with Crippen molar-refractivity contribution in [1.82, 2.24) is 19.8 Å². The van der Waals surface area contributed by atoms with E-state index in [0.29, 0.717) is 6.04 Å². The molecule has 2 heterocycles. The Bertz CT molecular complexity index is 503. The minimum absolute atomic E-state index is 0.613. The van der Waals surface area contributed by atoms with E-state index in [1.165, 1.54) is 5.56 Å². The molecule has 0 amide bonds. The molecule has 1 fully saturated rings. The van der Waals surface area contributed by atoms with Crippen LogP contribution in [0.4, 0.5) is 0 Å². The quantitative estimate of drug-likeness (QED) is 0.907. The van der Waals surface area contributed by atoms with E-state index in [0.717, 1.165) is 31.9 Å². The van der Waals surface area contributed by atoms with Crippen molar-refractivity contribution in [2.45, 2.75) is 19.5 Å². The number of aromatic nitrogens is 2. The third kappa shape index (κ3) is 2.85. The van der Waals surface area contributed by atoms with Crippen LogP contribution in [0.15, 0.2) is 43.0 Å². The van der Waals surface area contributed by atoms with Gasteiger partial charge in [-0.05, 0) is 24.6 Å². The fourth-order valence-electron chi connectivity index (χ4n) is 2.54. The summed E-state index contributed by atoms with van der Waals surface area (Å²) < 4.78 is 2.03. The Morgan fingerprint density at radius 3 is 2.84 bits per heavy atom. The van der Waals surface area contributed by atoms with E-state index >= 15 is 0 Å². The number of benzene rings is 1. The number of hydrogen-bond donors (Lipinski definition) is 1. The third-order valence-electron chi connectivity index (χ3n) is 3.76. The van der Waals surface area contributed by atoms with Crippen molar-refractivity contribution in [2.75, 3.05) is 19.6 Å². The topological polar surface area (TPSA) is 33.1 Å². The smallest absolute Gasteiger partial charge is 0.0991 e. The number of rotatable bonds is 3. The van der Waals surface area contributed by atoms with E-state index in [1.54, 1.807) is 6.20 Å². The van der Waals surface area contributed by atoms with Gasteiger partial charge in [0.2, 0.25) is 0 Å². The van der Waals surface area contributed by atoms with E-state index in [-0.39, 0.29) is 0 Å². The third-order valence-corrected chi connectivity index (χ3v) is 3.76. The Balaban J connectivity index is 1.69. The predicted molar refractivity (Wildman–Crippen MR) is 76.3 cm³/mol. The van der Waals surface area contributed by atoms with Gasteiger partial charge < -0.3 is 9.88 Å². The fourth-order valence-corrected chi connectivity index (χ4v) is 2.54. The van der Waals surface area contributed by atoms with Crippen LogP contribution < -0.4 is 5.32 Å². The molecule has 1 aliphatic rings. The van der Waals surface area contributed by atoms with E-state index in [1.807, 2.05) is 17.1 Å². The lowest BCUT2D eigenvalue weighted by atomic mass is 10.1. The fraction of sp³-hybridized carbons (Fsp3) is 0.400. The molecule has 1 aliphatic heterocycles. The first kappa shape index (κ1) is 12.4. The highest BCUT2D eigenvalue weighted by atomic mass is 15.2. The summed E-state index contributed by atoms with van der Waals surface area (Å²) in [6.07, 6.45) is 5.59. The summed E-state index contributed by atoms with van der Waals surface area (Å²) in [5, 5.41) is 3.43. The van der Waals surface area contributed by atoms with Gasteiger partial charge in [-0.3, -0.25) is 4.90 Å². The second-order valence-electron chi connectivity index (χ2n) is 5.16. The van der Waals surface area contributed by atoms with Gasteiger partial charge in [0.1, 0.15) is 0 Å². The van der Waals surface area contributed by atoms with Crippen molar-refractivity contribution in [3.05, 3.63) is 48.5 Å². The molecule has 0 saturated carbocycles. The number of piperazine rings is 1. The van der Waals surface area contributed by atoms with Crippen LogP contribution in [0.1, 0.15) is 12.5 Å². The molecule has 0 unspecified atom stereocenters. The number of nitrogens with zero attached hydrogens (tertiary/aromatic N) is 3. The first-order valence-corrected chi connectivity index (χ1v) is 6.85. The first-order chi connectivity index (χ1) is 9.33. The summed E-state index contributed by atoms with van der Waals surface area (Å²) in [7, 11) is 0. The van der Waals surface area contributed by atoms with Crippen molar-refractivity contribution in [3.8, 4) is 5.69 Å². The summed E-state index contributed by atoms with van der Waals surface area (Å²) in [5.74, 6) is 0. The van der Waals surface area contributed by atoms with Crippen LogP contribution in [0.3, 0.4) is 0 Å². The predicted octanol–water partition coefficient (Wildman–Crippen LogP) is 1.67. The lowest BCUT2D eigenvalue weighted by molar-refractivity contribution is 0.165. The van der Waals surface area contributed by atoms with Gasteiger partial charge in [0.25, 0.3) is 0 Å². The Morgan fingerprint density at radius 2 is 2.16 bits per heavy atom. The average Bonchev–Trinajstić information content (AvgIpc) is 2.96. The first-order valence-electron chi connectivity index (χ1n) is 6.85. The lowest BCUT2D eigenvalue weighted by Gasteiger charge is -2.33. The van der Waals surface area contributed by atoms with Crippen molar-refractivity contribution in [3.63, 3.8) is 0 Å². The Morgan fingerprint density at radius 1 is 1.32 bits per heavy atom. The van der Waals surface area contributed by atoms with Gasteiger partial charge in [0.15, 0.2) is 0 Å². The van der Waals surface area contributed by atoms with Crippen LogP contribution in [0.5, 0.6) is 0 Å². The van der Waals surface area contributed by atoms with Gasteiger partial charge in [-0.15, -0.1) is 0 Å². The van der Waals surface area contributed by atoms with Crippen LogP contribution in [-0.4, -0.2) is 40.1 Å². The Hall–Kier alpha value is -1.65. The molecular weight excluding hydrogens is 236 g/mol. The molecular formula is C15H20N4. The van der Waals surface area contributed by atoms with Gasteiger partial charge in [0.05, 0.1) is 6.33 Å². The highest BCUT2D eigenvalue weighted by molar-refractivity contribution is 5.34. The molecule has 0 radical (unpaired) electrons.